The number of aliphatic hydroxyl groups is 1. The number of rotatable bonds is 4. The Bertz CT molecular complexity index is 512. The molecule has 0 amide bonds. The van der Waals surface area contributed by atoms with Gasteiger partial charge in [0.15, 0.2) is 0 Å². The SMILES string of the molecule is Cc1n[nH]c(C)c1S(=O)(=O)N(C)CC1CC(O)C1. The number of aliphatic hydroxyl groups excluding tert-OH is 1. The van der Waals surface area contributed by atoms with Gasteiger partial charge in [-0.05, 0) is 32.6 Å². The van der Waals surface area contributed by atoms with Crippen LogP contribution >= 0.6 is 0 Å². The molecule has 2 rings (SSSR count). The predicted octanol–water partition coefficient (Wildman–Crippen LogP) is 0.418. The van der Waals surface area contributed by atoms with E-state index in [1.165, 1.54) is 4.31 Å². The second-order valence-electron chi connectivity index (χ2n) is 5.04. The van der Waals surface area contributed by atoms with Crippen LogP contribution < -0.4 is 0 Å². The van der Waals surface area contributed by atoms with E-state index < -0.39 is 10.0 Å². The molecule has 0 aliphatic heterocycles. The fraction of sp³-hybridized carbons (Fsp3) is 0.727. The van der Waals surface area contributed by atoms with E-state index >= 15 is 0 Å². The minimum absolute atomic E-state index is 0.257. The Labute approximate surface area is 107 Å². The van der Waals surface area contributed by atoms with Gasteiger partial charge in [-0.1, -0.05) is 0 Å². The lowest BCUT2D eigenvalue weighted by Gasteiger charge is -2.34. The van der Waals surface area contributed by atoms with Crippen LogP contribution in [0.3, 0.4) is 0 Å². The average Bonchev–Trinajstić information content (AvgIpc) is 2.56. The third-order valence-corrected chi connectivity index (χ3v) is 5.54. The molecule has 6 nitrogen and oxygen atoms in total. The molecule has 1 aliphatic carbocycles. The zero-order valence-corrected chi connectivity index (χ0v) is 11.7. The lowest BCUT2D eigenvalue weighted by Crippen LogP contribution is -2.39. The van der Waals surface area contributed by atoms with Crippen molar-refractivity contribution in [1.82, 2.24) is 14.5 Å². The maximum Gasteiger partial charge on any atom is 0.246 e. The van der Waals surface area contributed by atoms with Crippen LogP contribution in [0.2, 0.25) is 0 Å². The van der Waals surface area contributed by atoms with Gasteiger partial charge in [-0.3, -0.25) is 5.10 Å². The summed E-state index contributed by atoms with van der Waals surface area (Å²) in [5.41, 5.74) is 1.06. The predicted molar refractivity (Wildman–Crippen MR) is 66.6 cm³/mol. The lowest BCUT2D eigenvalue weighted by atomic mass is 9.82. The maximum atomic E-state index is 12.4. The van der Waals surface area contributed by atoms with E-state index in [2.05, 4.69) is 10.2 Å². The van der Waals surface area contributed by atoms with Crippen molar-refractivity contribution in [2.75, 3.05) is 13.6 Å². The molecule has 18 heavy (non-hydrogen) atoms. The normalized spacial score (nSPS) is 24.3. The molecule has 0 aromatic carbocycles. The van der Waals surface area contributed by atoms with Crippen LogP contribution in [0.4, 0.5) is 0 Å². The standard InChI is InChI=1S/C11H19N3O3S/c1-7-11(8(2)13-12-7)18(16,17)14(3)6-9-4-10(15)5-9/h9-10,15H,4-6H2,1-3H3,(H,12,13). The highest BCUT2D eigenvalue weighted by Gasteiger charge is 2.33. The molecule has 1 heterocycles. The van der Waals surface area contributed by atoms with Crippen LogP contribution in [0.15, 0.2) is 4.90 Å². The molecule has 1 aromatic rings. The number of hydrogen-bond acceptors (Lipinski definition) is 4. The van der Waals surface area contributed by atoms with Gasteiger partial charge in [0.1, 0.15) is 4.90 Å². The van der Waals surface area contributed by atoms with Crippen molar-refractivity contribution in [1.29, 1.82) is 0 Å². The van der Waals surface area contributed by atoms with E-state index in [9.17, 15) is 13.5 Å². The average molecular weight is 273 g/mol. The molecule has 102 valence electrons. The first-order valence-corrected chi connectivity index (χ1v) is 7.42. The molecule has 1 aromatic heterocycles. The van der Waals surface area contributed by atoms with Gasteiger partial charge in [0.2, 0.25) is 10.0 Å². The first kappa shape index (κ1) is 13.5. The van der Waals surface area contributed by atoms with Crippen LogP contribution in [0.5, 0.6) is 0 Å². The molecule has 0 radical (unpaired) electrons. The van der Waals surface area contributed by atoms with Crippen LogP contribution in [0, 0.1) is 19.8 Å². The van der Waals surface area contributed by atoms with Gasteiger partial charge in [0, 0.05) is 13.6 Å². The summed E-state index contributed by atoms with van der Waals surface area (Å²) < 4.78 is 26.1. The number of H-pyrrole nitrogens is 1. The van der Waals surface area contributed by atoms with Crippen LogP contribution in [0.25, 0.3) is 0 Å². The second-order valence-corrected chi connectivity index (χ2v) is 7.02. The van der Waals surface area contributed by atoms with Crippen LogP contribution in [-0.4, -0.2) is 47.7 Å². The van der Waals surface area contributed by atoms with Gasteiger partial charge in [0.05, 0.1) is 17.5 Å². The zero-order valence-electron chi connectivity index (χ0n) is 10.8. The van der Waals surface area contributed by atoms with Crippen molar-refractivity contribution in [3.8, 4) is 0 Å². The van der Waals surface area contributed by atoms with Crippen molar-refractivity contribution in [2.24, 2.45) is 5.92 Å². The van der Waals surface area contributed by atoms with Crippen LogP contribution in [-0.2, 0) is 10.0 Å². The first-order valence-electron chi connectivity index (χ1n) is 5.98. The number of hydrogen-bond donors (Lipinski definition) is 2. The summed E-state index contributed by atoms with van der Waals surface area (Å²) in [6.45, 7) is 3.83. The number of aromatic amines is 1. The Morgan fingerprint density at radius 3 is 2.50 bits per heavy atom. The first-order chi connectivity index (χ1) is 8.32. The maximum absolute atomic E-state index is 12.4. The number of nitrogens with zero attached hydrogens (tertiary/aromatic N) is 2. The van der Waals surface area contributed by atoms with Crippen molar-refractivity contribution in [2.45, 2.75) is 37.7 Å². The molecular formula is C11H19N3O3S. The monoisotopic (exact) mass is 273 g/mol. The molecular weight excluding hydrogens is 254 g/mol. The minimum Gasteiger partial charge on any atom is -0.393 e. The molecule has 1 fully saturated rings. The number of aromatic nitrogens is 2. The molecule has 1 saturated carbocycles. The van der Waals surface area contributed by atoms with Gasteiger partial charge in [-0.15, -0.1) is 0 Å². The van der Waals surface area contributed by atoms with Crippen molar-refractivity contribution < 1.29 is 13.5 Å². The van der Waals surface area contributed by atoms with E-state index in [1.54, 1.807) is 20.9 Å². The minimum atomic E-state index is -3.49. The number of nitrogens with one attached hydrogen (secondary N) is 1. The largest absolute Gasteiger partial charge is 0.393 e. The third kappa shape index (κ3) is 2.30. The summed E-state index contributed by atoms with van der Waals surface area (Å²) in [7, 11) is -1.91. The van der Waals surface area contributed by atoms with E-state index in [1.807, 2.05) is 0 Å². The molecule has 0 unspecified atom stereocenters. The highest BCUT2D eigenvalue weighted by molar-refractivity contribution is 7.89. The highest BCUT2D eigenvalue weighted by atomic mass is 32.2. The fourth-order valence-corrected chi connectivity index (χ4v) is 3.96. The van der Waals surface area contributed by atoms with Gasteiger partial charge in [0.25, 0.3) is 0 Å². The Kier molecular flexibility index (Phi) is 3.48. The Balaban J connectivity index is 2.16. The highest BCUT2D eigenvalue weighted by Crippen LogP contribution is 2.29. The summed E-state index contributed by atoms with van der Waals surface area (Å²) >= 11 is 0. The molecule has 2 N–H and O–H groups in total. The Morgan fingerprint density at radius 1 is 1.44 bits per heavy atom. The van der Waals surface area contributed by atoms with Gasteiger partial charge in [-0.25, -0.2) is 12.7 Å². The van der Waals surface area contributed by atoms with E-state index in [-0.39, 0.29) is 16.9 Å². The summed E-state index contributed by atoms with van der Waals surface area (Å²) in [5, 5.41) is 15.8. The molecule has 7 heteroatoms. The molecule has 0 bridgehead atoms. The van der Waals surface area contributed by atoms with Crippen molar-refractivity contribution in [3.05, 3.63) is 11.4 Å². The third-order valence-electron chi connectivity index (χ3n) is 3.45. The smallest absolute Gasteiger partial charge is 0.246 e. The molecule has 0 saturated heterocycles. The summed E-state index contributed by atoms with van der Waals surface area (Å²) in [4.78, 5) is 0.268. The molecule has 0 spiro atoms. The topological polar surface area (TPSA) is 86.3 Å². The van der Waals surface area contributed by atoms with E-state index in [4.69, 9.17) is 0 Å². The lowest BCUT2D eigenvalue weighted by molar-refractivity contribution is 0.0367. The van der Waals surface area contributed by atoms with Crippen molar-refractivity contribution in [3.63, 3.8) is 0 Å². The second kappa shape index (κ2) is 4.64. The fourth-order valence-electron chi connectivity index (χ4n) is 2.39. The quantitative estimate of drug-likeness (QED) is 0.832. The van der Waals surface area contributed by atoms with Crippen LogP contribution in [0.1, 0.15) is 24.2 Å². The molecule has 1 aliphatic rings. The van der Waals surface area contributed by atoms with Crippen molar-refractivity contribution >= 4 is 10.0 Å². The Hall–Kier alpha value is -0.920. The zero-order chi connectivity index (χ0) is 13.5. The van der Waals surface area contributed by atoms with Gasteiger partial charge >= 0.3 is 0 Å². The number of aryl methyl sites for hydroxylation is 2. The summed E-state index contributed by atoms with van der Waals surface area (Å²) in [6, 6.07) is 0. The Morgan fingerprint density at radius 2 is 2.06 bits per heavy atom. The van der Waals surface area contributed by atoms with E-state index in [0.29, 0.717) is 30.8 Å². The molecule has 0 atom stereocenters. The van der Waals surface area contributed by atoms with Gasteiger partial charge < -0.3 is 5.11 Å². The number of sulfonamides is 1. The van der Waals surface area contributed by atoms with E-state index in [0.717, 1.165) is 0 Å². The van der Waals surface area contributed by atoms with Gasteiger partial charge in [-0.2, -0.15) is 5.10 Å². The summed E-state index contributed by atoms with van der Waals surface area (Å²) in [5.74, 6) is 0.257. The summed E-state index contributed by atoms with van der Waals surface area (Å²) in [6.07, 6.45) is 1.11.